The van der Waals surface area contributed by atoms with Gasteiger partial charge in [-0.15, -0.1) is 0 Å². The summed E-state index contributed by atoms with van der Waals surface area (Å²) in [4.78, 5) is 1.22. The van der Waals surface area contributed by atoms with E-state index in [1.54, 1.807) is 13.0 Å². The molecule has 1 N–H and O–H groups in total. The summed E-state index contributed by atoms with van der Waals surface area (Å²) in [6.07, 6.45) is 4.21. The molecule has 0 saturated heterocycles. The lowest BCUT2D eigenvalue weighted by Gasteiger charge is -2.27. The number of hydrogen-bond donors (Lipinski definition) is 1. The van der Waals surface area contributed by atoms with Gasteiger partial charge in [0, 0.05) is 19.2 Å². The Morgan fingerprint density at radius 2 is 1.96 bits per heavy atom. The van der Waals surface area contributed by atoms with Crippen molar-refractivity contribution in [3.05, 3.63) is 53.0 Å². The minimum absolute atomic E-state index is 0.166. The molecule has 0 saturated carbocycles. The van der Waals surface area contributed by atoms with Gasteiger partial charge >= 0.3 is 0 Å². The van der Waals surface area contributed by atoms with Crippen molar-refractivity contribution in [3.8, 4) is 0 Å². The van der Waals surface area contributed by atoms with Gasteiger partial charge in [-0.1, -0.05) is 29.4 Å². The number of quaternary nitrogens is 1. The van der Waals surface area contributed by atoms with E-state index in [1.165, 1.54) is 9.87 Å². The molecule has 7 heteroatoms. The van der Waals surface area contributed by atoms with E-state index < -0.39 is 10.0 Å². The van der Waals surface area contributed by atoms with E-state index in [1.807, 2.05) is 38.5 Å². The summed E-state index contributed by atoms with van der Waals surface area (Å²) in [6, 6.07) is 7.96. The first-order chi connectivity index (χ1) is 11.4. The fraction of sp³-hybridized carbons (Fsp3) is 0.353. The molecule has 0 atom stereocenters. The molecule has 3 rings (SSSR count). The number of nitrogens with one attached hydrogen (secondary N) is 1. The zero-order valence-electron chi connectivity index (χ0n) is 14.1. The van der Waals surface area contributed by atoms with Crippen LogP contribution in [-0.4, -0.2) is 38.5 Å². The van der Waals surface area contributed by atoms with Gasteiger partial charge in [-0.05, 0) is 24.5 Å². The van der Waals surface area contributed by atoms with Crippen molar-refractivity contribution >= 4 is 16.1 Å². The predicted octanol–water partition coefficient (Wildman–Crippen LogP) is 0.845. The lowest BCUT2D eigenvalue weighted by atomic mass is 10.0. The van der Waals surface area contributed by atoms with Crippen LogP contribution in [0.3, 0.4) is 0 Å². The van der Waals surface area contributed by atoms with E-state index in [0.717, 1.165) is 10.5 Å². The number of nitrogens with zero attached hydrogens (tertiary/aromatic N) is 2. The van der Waals surface area contributed by atoms with Crippen molar-refractivity contribution in [1.29, 1.82) is 0 Å². The first-order valence-corrected chi connectivity index (χ1v) is 9.35. The number of fused-ring (bicyclic) bond motifs is 1. The number of aromatic nitrogens is 1. The van der Waals surface area contributed by atoms with E-state index >= 15 is 0 Å². The van der Waals surface area contributed by atoms with Crippen molar-refractivity contribution in [1.82, 2.24) is 9.46 Å². The van der Waals surface area contributed by atoms with Crippen LogP contribution in [0.15, 0.2) is 39.9 Å². The summed E-state index contributed by atoms with van der Waals surface area (Å²) in [5, 5.41) is 3.86. The third kappa shape index (κ3) is 3.15. The Bertz CT molecular complexity index is 869. The molecule has 1 aliphatic rings. The highest BCUT2D eigenvalue weighted by Gasteiger charge is 2.33. The Hall–Kier alpha value is -1.96. The molecule has 1 aromatic carbocycles. The molecular formula is C17H22N3O3S+. The fourth-order valence-electron chi connectivity index (χ4n) is 2.85. The van der Waals surface area contributed by atoms with E-state index in [9.17, 15) is 8.42 Å². The first-order valence-electron chi connectivity index (χ1n) is 7.91. The van der Waals surface area contributed by atoms with Gasteiger partial charge in [-0.25, -0.2) is 8.42 Å². The normalized spacial score (nSPS) is 16.0. The number of benzene rings is 1. The largest absolute Gasteiger partial charge is 0.355 e. The average Bonchev–Trinajstić information content (AvgIpc) is 2.94. The number of sulfonamides is 1. The second-order valence-electron chi connectivity index (χ2n) is 6.23. The van der Waals surface area contributed by atoms with E-state index in [2.05, 4.69) is 11.2 Å². The van der Waals surface area contributed by atoms with Crippen molar-refractivity contribution in [2.75, 3.05) is 20.6 Å². The molecule has 0 amide bonds. The van der Waals surface area contributed by atoms with Crippen LogP contribution in [0.25, 0.3) is 6.08 Å². The minimum atomic E-state index is -3.65. The van der Waals surface area contributed by atoms with E-state index in [4.69, 9.17) is 4.52 Å². The lowest BCUT2D eigenvalue weighted by Crippen LogP contribution is -3.00. The molecule has 1 aromatic heterocycles. The molecule has 1 aliphatic heterocycles. The Morgan fingerprint density at radius 1 is 1.25 bits per heavy atom. The van der Waals surface area contributed by atoms with Gasteiger partial charge in [-0.3, -0.25) is 0 Å². The maximum absolute atomic E-state index is 13.1. The van der Waals surface area contributed by atoms with Crippen molar-refractivity contribution < 1.29 is 17.8 Å². The third-order valence-electron chi connectivity index (χ3n) is 4.09. The molecular weight excluding hydrogens is 326 g/mol. The minimum Gasteiger partial charge on any atom is -0.355 e. The molecule has 0 fully saturated rings. The maximum Gasteiger partial charge on any atom is 0.249 e. The monoisotopic (exact) mass is 348 g/mol. The molecule has 128 valence electrons. The van der Waals surface area contributed by atoms with Crippen LogP contribution in [0.2, 0.25) is 0 Å². The molecule has 0 bridgehead atoms. The van der Waals surface area contributed by atoms with Crippen LogP contribution in [0.1, 0.15) is 22.6 Å². The number of rotatable bonds is 4. The summed E-state index contributed by atoms with van der Waals surface area (Å²) in [5.41, 5.74) is 2.65. The second-order valence-corrected chi connectivity index (χ2v) is 8.10. The first kappa shape index (κ1) is 16.9. The van der Waals surface area contributed by atoms with Crippen LogP contribution in [0.4, 0.5) is 0 Å². The molecule has 0 radical (unpaired) electrons. The molecule has 24 heavy (non-hydrogen) atoms. The Balaban J connectivity index is 1.96. The number of aryl methyl sites for hydroxylation is 1. The standard InChI is InChI=1S/C17H21N3O3S/c1-13-17(16(23-18-13)9-10-19(2)3)24(21,22)20-11-8-14-6-4-5-7-15(14)12-20/h4-7,9-10H,8,11-12H2,1-3H3/p+1. The van der Waals surface area contributed by atoms with Gasteiger partial charge in [0.25, 0.3) is 0 Å². The average molecular weight is 348 g/mol. The van der Waals surface area contributed by atoms with Gasteiger partial charge in [-0.2, -0.15) is 4.31 Å². The van der Waals surface area contributed by atoms with Crippen LogP contribution < -0.4 is 4.90 Å². The summed E-state index contributed by atoms with van der Waals surface area (Å²) in [6.45, 7) is 2.51. The Morgan fingerprint density at radius 3 is 2.67 bits per heavy atom. The van der Waals surface area contributed by atoms with Gasteiger partial charge in [0.15, 0.2) is 10.7 Å². The SMILES string of the molecule is Cc1noc(C=C[NH+](C)C)c1S(=O)(=O)N1CCc2ccccc2C1. The predicted molar refractivity (Wildman–Crippen MR) is 90.8 cm³/mol. The smallest absolute Gasteiger partial charge is 0.249 e. The van der Waals surface area contributed by atoms with Gasteiger partial charge in [0.1, 0.15) is 5.69 Å². The number of hydrogen-bond acceptors (Lipinski definition) is 4. The highest BCUT2D eigenvalue weighted by molar-refractivity contribution is 7.89. The summed E-state index contributed by atoms with van der Waals surface area (Å²) < 4.78 is 33.0. The molecule has 2 heterocycles. The van der Waals surface area contributed by atoms with E-state index in [0.29, 0.717) is 25.2 Å². The molecule has 0 unspecified atom stereocenters. The van der Waals surface area contributed by atoms with Crippen molar-refractivity contribution in [3.63, 3.8) is 0 Å². The molecule has 6 nitrogen and oxygen atoms in total. The summed E-state index contributed by atoms with van der Waals surface area (Å²) in [7, 11) is 0.226. The van der Waals surface area contributed by atoms with E-state index in [-0.39, 0.29) is 10.7 Å². The molecule has 0 spiro atoms. The van der Waals surface area contributed by atoms with Crippen molar-refractivity contribution in [2.24, 2.45) is 0 Å². The lowest BCUT2D eigenvalue weighted by molar-refractivity contribution is -0.800. The fourth-order valence-corrected chi connectivity index (χ4v) is 4.51. The van der Waals surface area contributed by atoms with Gasteiger partial charge in [0.2, 0.25) is 10.0 Å². The zero-order chi connectivity index (χ0) is 17.3. The third-order valence-corrected chi connectivity index (χ3v) is 6.10. The van der Waals surface area contributed by atoms with Crippen LogP contribution in [0.5, 0.6) is 0 Å². The molecule has 0 aliphatic carbocycles. The van der Waals surface area contributed by atoms with Gasteiger partial charge < -0.3 is 9.42 Å². The molecule has 2 aromatic rings. The highest BCUT2D eigenvalue weighted by atomic mass is 32.2. The van der Waals surface area contributed by atoms with Crippen molar-refractivity contribution in [2.45, 2.75) is 24.8 Å². The second kappa shape index (κ2) is 6.51. The quantitative estimate of drug-likeness (QED) is 0.889. The summed E-state index contributed by atoms with van der Waals surface area (Å²) in [5.74, 6) is 0.285. The van der Waals surface area contributed by atoms with Crippen LogP contribution in [0, 0.1) is 6.92 Å². The maximum atomic E-state index is 13.1. The van der Waals surface area contributed by atoms with Crippen LogP contribution >= 0.6 is 0 Å². The highest BCUT2D eigenvalue weighted by Crippen LogP contribution is 2.29. The summed E-state index contributed by atoms with van der Waals surface area (Å²) >= 11 is 0. The van der Waals surface area contributed by atoms with Gasteiger partial charge in [0.05, 0.1) is 20.3 Å². The zero-order valence-corrected chi connectivity index (χ0v) is 14.9. The Kier molecular flexibility index (Phi) is 4.58. The van der Waals surface area contributed by atoms with Crippen LogP contribution in [-0.2, 0) is 23.0 Å². The topological polar surface area (TPSA) is 67.9 Å². The Labute approximate surface area is 142 Å².